The van der Waals surface area contributed by atoms with Gasteiger partial charge in [0.1, 0.15) is 17.4 Å². The van der Waals surface area contributed by atoms with Gasteiger partial charge in [-0.25, -0.2) is 8.78 Å². The summed E-state index contributed by atoms with van der Waals surface area (Å²) in [7, 11) is 0. The third kappa shape index (κ3) is 2.51. The smallest absolute Gasteiger partial charge is 0.130 e. The average molecular weight is 275 g/mol. The zero-order valence-corrected chi connectivity index (χ0v) is 10.9. The number of fused-ring (bicyclic) bond motifs is 1. The Labute approximate surface area is 116 Å². The molecule has 0 fully saturated rings. The molecule has 0 aliphatic carbocycles. The molecule has 1 aliphatic heterocycles. The standard InChI is InChI=1S/C16H15F2NO/c17-13-5-3-6-14(18)12(13)10-19-15-8-9-20-16-7-2-1-4-11(15)16/h1-7,15,19H,8-10H2. The van der Waals surface area contributed by atoms with Crippen LogP contribution in [0.5, 0.6) is 5.75 Å². The topological polar surface area (TPSA) is 21.3 Å². The van der Waals surface area contributed by atoms with E-state index < -0.39 is 11.6 Å². The van der Waals surface area contributed by atoms with Crippen molar-refractivity contribution in [1.82, 2.24) is 5.32 Å². The highest BCUT2D eigenvalue weighted by molar-refractivity contribution is 5.37. The predicted octanol–water partition coefficient (Wildman–Crippen LogP) is 3.58. The van der Waals surface area contributed by atoms with Crippen LogP contribution in [0.4, 0.5) is 8.78 Å². The van der Waals surface area contributed by atoms with Crippen molar-refractivity contribution in [3.05, 3.63) is 65.2 Å². The zero-order valence-electron chi connectivity index (χ0n) is 10.9. The van der Waals surface area contributed by atoms with Gasteiger partial charge in [0.15, 0.2) is 0 Å². The highest BCUT2D eigenvalue weighted by Crippen LogP contribution is 2.31. The van der Waals surface area contributed by atoms with Crippen LogP contribution in [0.25, 0.3) is 0 Å². The lowest BCUT2D eigenvalue weighted by Gasteiger charge is -2.26. The summed E-state index contributed by atoms with van der Waals surface area (Å²) in [6, 6.07) is 11.7. The molecular weight excluding hydrogens is 260 g/mol. The highest BCUT2D eigenvalue weighted by atomic mass is 19.1. The van der Waals surface area contributed by atoms with Crippen LogP contribution in [0.15, 0.2) is 42.5 Å². The molecule has 3 rings (SSSR count). The van der Waals surface area contributed by atoms with Crippen LogP contribution in [0.2, 0.25) is 0 Å². The lowest BCUT2D eigenvalue weighted by molar-refractivity contribution is 0.251. The highest BCUT2D eigenvalue weighted by Gasteiger charge is 2.21. The van der Waals surface area contributed by atoms with E-state index in [1.807, 2.05) is 24.3 Å². The normalized spacial score (nSPS) is 17.4. The van der Waals surface area contributed by atoms with E-state index in [2.05, 4.69) is 5.32 Å². The van der Waals surface area contributed by atoms with Crippen LogP contribution in [0.1, 0.15) is 23.6 Å². The van der Waals surface area contributed by atoms with E-state index >= 15 is 0 Å². The van der Waals surface area contributed by atoms with Crippen molar-refractivity contribution in [2.75, 3.05) is 6.61 Å². The maximum atomic E-state index is 13.6. The fourth-order valence-electron chi connectivity index (χ4n) is 2.48. The summed E-state index contributed by atoms with van der Waals surface area (Å²) in [4.78, 5) is 0. The number of benzene rings is 2. The first kappa shape index (κ1) is 13.1. The van der Waals surface area contributed by atoms with Gasteiger partial charge in [-0.3, -0.25) is 0 Å². The number of halogens is 2. The second-order valence-electron chi connectivity index (χ2n) is 4.81. The van der Waals surface area contributed by atoms with Crippen molar-refractivity contribution in [3.63, 3.8) is 0 Å². The van der Waals surface area contributed by atoms with E-state index in [9.17, 15) is 8.78 Å². The molecule has 0 saturated heterocycles. The molecule has 2 nitrogen and oxygen atoms in total. The second kappa shape index (κ2) is 5.59. The monoisotopic (exact) mass is 275 g/mol. The molecule has 0 bridgehead atoms. The first-order valence-electron chi connectivity index (χ1n) is 6.63. The molecule has 0 spiro atoms. The van der Waals surface area contributed by atoms with Gasteiger partial charge >= 0.3 is 0 Å². The van der Waals surface area contributed by atoms with Crippen LogP contribution in [-0.2, 0) is 6.54 Å². The molecule has 1 aliphatic rings. The Bertz CT molecular complexity index is 595. The van der Waals surface area contributed by atoms with Gasteiger partial charge in [0.2, 0.25) is 0 Å². The summed E-state index contributed by atoms with van der Waals surface area (Å²) < 4.78 is 32.8. The van der Waals surface area contributed by atoms with Crippen LogP contribution in [-0.4, -0.2) is 6.61 Å². The molecular formula is C16H15F2NO. The molecule has 1 N–H and O–H groups in total. The molecule has 20 heavy (non-hydrogen) atoms. The maximum Gasteiger partial charge on any atom is 0.130 e. The van der Waals surface area contributed by atoms with Crippen LogP contribution < -0.4 is 10.1 Å². The summed E-state index contributed by atoms with van der Waals surface area (Å²) in [6.45, 7) is 0.770. The van der Waals surface area contributed by atoms with Crippen LogP contribution >= 0.6 is 0 Å². The Morgan fingerprint density at radius 3 is 2.60 bits per heavy atom. The van der Waals surface area contributed by atoms with Gasteiger partial charge in [0.05, 0.1) is 6.61 Å². The Morgan fingerprint density at radius 2 is 1.80 bits per heavy atom. The van der Waals surface area contributed by atoms with Crippen molar-refractivity contribution in [1.29, 1.82) is 0 Å². The van der Waals surface area contributed by atoms with Crippen molar-refractivity contribution in [2.45, 2.75) is 19.0 Å². The predicted molar refractivity (Wildman–Crippen MR) is 72.5 cm³/mol. The fourth-order valence-corrected chi connectivity index (χ4v) is 2.48. The molecule has 2 aromatic rings. The Kier molecular flexibility index (Phi) is 3.65. The van der Waals surface area contributed by atoms with Gasteiger partial charge in [-0.2, -0.15) is 0 Å². The Hall–Kier alpha value is -1.94. The molecule has 104 valence electrons. The minimum Gasteiger partial charge on any atom is -0.493 e. The summed E-state index contributed by atoms with van der Waals surface area (Å²) in [5.41, 5.74) is 1.12. The quantitative estimate of drug-likeness (QED) is 0.924. The van der Waals surface area contributed by atoms with Crippen molar-refractivity contribution in [3.8, 4) is 5.75 Å². The first-order valence-corrected chi connectivity index (χ1v) is 6.63. The molecule has 4 heteroatoms. The lowest BCUT2D eigenvalue weighted by Crippen LogP contribution is -2.27. The molecule has 0 aromatic heterocycles. The van der Waals surface area contributed by atoms with E-state index in [1.54, 1.807) is 0 Å². The number of ether oxygens (including phenoxy) is 1. The minimum absolute atomic E-state index is 0.0546. The second-order valence-corrected chi connectivity index (χ2v) is 4.81. The molecule has 1 heterocycles. The maximum absolute atomic E-state index is 13.6. The SMILES string of the molecule is Fc1cccc(F)c1CNC1CCOc2ccccc21. The number of nitrogens with one attached hydrogen (secondary N) is 1. The van der Waals surface area contributed by atoms with E-state index in [-0.39, 0.29) is 18.2 Å². The first-order chi connectivity index (χ1) is 9.75. The third-order valence-corrected chi connectivity index (χ3v) is 3.55. The van der Waals surface area contributed by atoms with E-state index in [0.717, 1.165) is 17.7 Å². The van der Waals surface area contributed by atoms with Gasteiger partial charge in [-0.15, -0.1) is 0 Å². The fraction of sp³-hybridized carbons (Fsp3) is 0.250. The molecule has 0 saturated carbocycles. The average Bonchev–Trinajstić information content (AvgIpc) is 2.47. The summed E-state index contributed by atoms with van der Waals surface area (Å²) in [5.74, 6) is -0.194. The van der Waals surface area contributed by atoms with Crippen LogP contribution in [0.3, 0.4) is 0 Å². The molecule has 1 unspecified atom stereocenters. The van der Waals surface area contributed by atoms with Gasteiger partial charge in [0.25, 0.3) is 0 Å². The summed E-state index contributed by atoms with van der Waals surface area (Å²) in [6.07, 6.45) is 0.785. The number of hydrogen-bond donors (Lipinski definition) is 1. The van der Waals surface area contributed by atoms with Gasteiger partial charge in [0, 0.05) is 30.1 Å². The van der Waals surface area contributed by atoms with Crippen LogP contribution in [0, 0.1) is 11.6 Å². The van der Waals surface area contributed by atoms with E-state index in [1.165, 1.54) is 18.2 Å². The zero-order chi connectivity index (χ0) is 13.9. The van der Waals surface area contributed by atoms with Crippen molar-refractivity contribution < 1.29 is 13.5 Å². The summed E-state index contributed by atoms with van der Waals surface area (Å²) in [5, 5.41) is 3.22. The Balaban J connectivity index is 1.77. The van der Waals surface area contributed by atoms with Gasteiger partial charge < -0.3 is 10.1 Å². The van der Waals surface area contributed by atoms with E-state index in [4.69, 9.17) is 4.74 Å². The summed E-state index contributed by atoms with van der Waals surface area (Å²) >= 11 is 0. The van der Waals surface area contributed by atoms with Gasteiger partial charge in [-0.1, -0.05) is 24.3 Å². The molecule has 1 atom stereocenters. The van der Waals surface area contributed by atoms with Gasteiger partial charge in [-0.05, 0) is 18.2 Å². The minimum atomic E-state index is -0.516. The van der Waals surface area contributed by atoms with Crippen molar-refractivity contribution in [2.24, 2.45) is 0 Å². The Morgan fingerprint density at radius 1 is 1.05 bits per heavy atom. The largest absolute Gasteiger partial charge is 0.493 e. The third-order valence-electron chi connectivity index (χ3n) is 3.55. The number of rotatable bonds is 3. The molecule has 2 aromatic carbocycles. The number of hydrogen-bond acceptors (Lipinski definition) is 2. The molecule has 0 amide bonds. The van der Waals surface area contributed by atoms with E-state index in [0.29, 0.717) is 6.61 Å². The lowest BCUT2D eigenvalue weighted by atomic mass is 10.0. The number of para-hydroxylation sites is 1. The molecule has 0 radical (unpaired) electrons. The van der Waals surface area contributed by atoms with Crippen molar-refractivity contribution >= 4 is 0 Å².